The smallest absolute Gasteiger partial charge is 0.407 e. The van der Waals surface area contributed by atoms with Crippen LogP contribution in [-0.4, -0.2) is 44.5 Å². The van der Waals surface area contributed by atoms with Crippen LogP contribution >= 0.6 is 0 Å². The summed E-state index contributed by atoms with van der Waals surface area (Å²) in [5.41, 5.74) is -0.445. The Morgan fingerprint density at radius 1 is 1.25 bits per heavy atom. The van der Waals surface area contributed by atoms with Crippen LogP contribution in [0.5, 0.6) is 0 Å². The largest absolute Gasteiger partial charge is 0.444 e. The fourth-order valence-corrected chi connectivity index (χ4v) is 1.94. The first kappa shape index (κ1) is 17.0. The van der Waals surface area contributed by atoms with Crippen molar-refractivity contribution in [3.8, 4) is 0 Å². The van der Waals surface area contributed by atoms with E-state index in [1.165, 1.54) is 0 Å². The number of nitrogens with one attached hydrogen (secondary N) is 2. The average Bonchev–Trinajstić information content (AvgIpc) is 2.37. The second-order valence-corrected chi connectivity index (χ2v) is 6.07. The first-order chi connectivity index (χ1) is 9.47. The molecule has 0 radical (unpaired) electrons. The van der Waals surface area contributed by atoms with Gasteiger partial charge >= 0.3 is 6.09 Å². The molecule has 0 aromatic rings. The summed E-state index contributed by atoms with van der Waals surface area (Å²) in [6, 6.07) is 0. The van der Waals surface area contributed by atoms with Gasteiger partial charge < -0.3 is 20.1 Å². The van der Waals surface area contributed by atoms with Crippen molar-refractivity contribution in [1.29, 1.82) is 0 Å². The number of alkyl carbamates (subject to hydrolysis) is 1. The summed E-state index contributed by atoms with van der Waals surface area (Å²) in [6.45, 7) is 9.69. The van der Waals surface area contributed by atoms with Crippen molar-refractivity contribution in [3.63, 3.8) is 0 Å². The average molecular weight is 284 g/mol. The second kappa shape index (κ2) is 8.97. The van der Waals surface area contributed by atoms with Crippen molar-refractivity contribution in [2.45, 2.75) is 39.2 Å². The van der Waals surface area contributed by atoms with Crippen LogP contribution in [0.25, 0.3) is 0 Å². The Kier molecular flexibility index (Phi) is 7.62. The van der Waals surface area contributed by atoms with Gasteiger partial charge in [-0.3, -0.25) is 0 Å². The summed E-state index contributed by atoms with van der Waals surface area (Å²) >= 11 is 0. The van der Waals surface area contributed by atoms with Crippen LogP contribution in [0, 0.1) is 5.92 Å². The molecule has 5 nitrogen and oxygen atoms in total. The van der Waals surface area contributed by atoms with Crippen LogP contribution in [0.15, 0.2) is 12.2 Å². The minimum absolute atomic E-state index is 0.377. The summed E-state index contributed by atoms with van der Waals surface area (Å²) < 4.78 is 10.5. The molecule has 0 unspecified atom stereocenters. The first-order valence-electron chi connectivity index (χ1n) is 7.37. The lowest BCUT2D eigenvalue weighted by Crippen LogP contribution is -2.32. The van der Waals surface area contributed by atoms with Crippen LogP contribution in [0.3, 0.4) is 0 Å². The zero-order valence-electron chi connectivity index (χ0n) is 12.9. The maximum absolute atomic E-state index is 11.4. The molecule has 1 fully saturated rings. The van der Waals surface area contributed by atoms with Gasteiger partial charge in [-0.15, -0.1) is 0 Å². The van der Waals surface area contributed by atoms with Crippen molar-refractivity contribution < 1.29 is 14.3 Å². The Morgan fingerprint density at radius 2 is 1.90 bits per heavy atom. The number of rotatable bonds is 6. The van der Waals surface area contributed by atoms with Gasteiger partial charge in [0.2, 0.25) is 0 Å². The molecule has 116 valence electrons. The Labute approximate surface area is 122 Å². The third-order valence-corrected chi connectivity index (χ3v) is 2.97. The highest BCUT2D eigenvalue weighted by atomic mass is 16.6. The molecule has 0 bridgehead atoms. The zero-order chi connectivity index (χ0) is 14.8. The molecule has 0 atom stereocenters. The van der Waals surface area contributed by atoms with Crippen LogP contribution in [0.2, 0.25) is 0 Å². The van der Waals surface area contributed by atoms with Gasteiger partial charge in [-0.2, -0.15) is 0 Å². The normalized spacial score (nSPS) is 17.4. The van der Waals surface area contributed by atoms with Crippen LogP contribution in [0.4, 0.5) is 4.79 Å². The van der Waals surface area contributed by atoms with Gasteiger partial charge in [0.1, 0.15) is 5.60 Å². The number of amides is 1. The fourth-order valence-electron chi connectivity index (χ4n) is 1.94. The number of ether oxygens (including phenoxy) is 2. The Hall–Kier alpha value is -1.07. The lowest BCUT2D eigenvalue weighted by molar-refractivity contribution is 0.0534. The monoisotopic (exact) mass is 284 g/mol. The summed E-state index contributed by atoms with van der Waals surface area (Å²) in [7, 11) is 0. The second-order valence-electron chi connectivity index (χ2n) is 6.07. The van der Waals surface area contributed by atoms with E-state index in [9.17, 15) is 4.79 Å². The standard InChI is InChI=1S/C15H28N2O3/c1-15(2,3)20-14(18)17-9-5-4-8-16-12-13-6-10-19-11-7-13/h4-5,13,16H,6-12H2,1-3H3,(H,17,18)/b5-4+. The number of carbonyl (C=O) groups excluding carboxylic acids is 1. The van der Waals surface area contributed by atoms with Gasteiger partial charge in [-0.25, -0.2) is 4.79 Å². The summed E-state index contributed by atoms with van der Waals surface area (Å²) in [6.07, 6.45) is 5.88. The first-order valence-corrected chi connectivity index (χ1v) is 7.37. The molecule has 20 heavy (non-hydrogen) atoms. The van der Waals surface area contributed by atoms with E-state index in [0.29, 0.717) is 6.54 Å². The molecular weight excluding hydrogens is 256 g/mol. The van der Waals surface area contributed by atoms with Gasteiger partial charge in [-0.05, 0) is 46.1 Å². The lowest BCUT2D eigenvalue weighted by Gasteiger charge is -2.21. The summed E-state index contributed by atoms with van der Waals surface area (Å²) in [4.78, 5) is 11.4. The highest BCUT2D eigenvalue weighted by molar-refractivity contribution is 5.67. The maximum Gasteiger partial charge on any atom is 0.407 e. The third-order valence-electron chi connectivity index (χ3n) is 2.97. The highest BCUT2D eigenvalue weighted by Crippen LogP contribution is 2.12. The SMILES string of the molecule is CC(C)(C)OC(=O)NC/C=C/CNCC1CCOCC1. The van der Waals surface area contributed by atoms with Gasteiger partial charge in [-0.1, -0.05) is 12.2 Å². The van der Waals surface area contributed by atoms with E-state index in [0.717, 1.165) is 45.1 Å². The molecule has 0 aromatic heterocycles. The van der Waals surface area contributed by atoms with Gasteiger partial charge in [0.15, 0.2) is 0 Å². The minimum Gasteiger partial charge on any atom is -0.444 e. The fraction of sp³-hybridized carbons (Fsp3) is 0.800. The summed E-state index contributed by atoms with van der Waals surface area (Å²) in [5, 5.41) is 6.08. The number of carbonyl (C=O) groups is 1. The third kappa shape index (κ3) is 8.93. The van der Waals surface area contributed by atoms with E-state index in [-0.39, 0.29) is 6.09 Å². The van der Waals surface area contributed by atoms with Crippen molar-refractivity contribution in [3.05, 3.63) is 12.2 Å². The van der Waals surface area contributed by atoms with Crippen LogP contribution < -0.4 is 10.6 Å². The van der Waals surface area contributed by atoms with Crippen LogP contribution in [0.1, 0.15) is 33.6 Å². The van der Waals surface area contributed by atoms with Gasteiger partial charge in [0.05, 0.1) is 0 Å². The molecule has 1 aliphatic heterocycles. The van der Waals surface area contributed by atoms with Crippen molar-refractivity contribution >= 4 is 6.09 Å². The molecule has 1 rings (SSSR count). The Morgan fingerprint density at radius 3 is 2.55 bits per heavy atom. The molecule has 5 heteroatoms. The molecule has 1 amide bonds. The predicted octanol–water partition coefficient (Wildman–Crippen LogP) is 2.08. The van der Waals surface area contributed by atoms with E-state index in [1.54, 1.807) is 0 Å². The molecule has 0 saturated carbocycles. The van der Waals surface area contributed by atoms with E-state index in [1.807, 2.05) is 32.9 Å². The molecule has 0 spiro atoms. The number of hydrogen-bond acceptors (Lipinski definition) is 4. The Bertz CT molecular complexity index is 305. The highest BCUT2D eigenvalue weighted by Gasteiger charge is 2.15. The topological polar surface area (TPSA) is 59.6 Å². The van der Waals surface area contributed by atoms with Crippen molar-refractivity contribution in [2.24, 2.45) is 5.92 Å². The molecule has 0 aliphatic carbocycles. The molecule has 1 saturated heterocycles. The zero-order valence-corrected chi connectivity index (χ0v) is 12.9. The number of hydrogen-bond donors (Lipinski definition) is 2. The van der Waals surface area contributed by atoms with Gasteiger partial charge in [0.25, 0.3) is 0 Å². The van der Waals surface area contributed by atoms with E-state index in [2.05, 4.69) is 10.6 Å². The molecular formula is C15H28N2O3. The summed E-state index contributed by atoms with van der Waals surface area (Å²) in [5.74, 6) is 0.733. The van der Waals surface area contributed by atoms with Gasteiger partial charge in [0, 0.05) is 26.3 Å². The molecule has 2 N–H and O–H groups in total. The van der Waals surface area contributed by atoms with E-state index < -0.39 is 5.60 Å². The minimum atomic E-state index is -0.445. The van der Waals surface area contributed by atoms with Crippen molar-refractivity contribution in [2.75, 3.05) is 32.8 Å². The molecule has 1 aliphatic rings. The van der Waals surface area contributed by atoms with E-state index in [4.69, 9.17) is 9.47 Å². The quantitative estimate of drug-likeness (QED) is 0.579. The molecule has 0 aromatic carbocycles. The molecule has 1 heterocycles. The Balaban J connectivity index is 1.97. The van der Waals surface area contributed by atoms with E-state index >= 15 is 0 Å². The van der Waals surface area contributed by atoms with Crippen molar-refractivity contribution in [1.82, 2.24) is 10.6 Å². The van der Waals surface area contributed by atoms with Crippen LogP contribution in [-0.2, 0) is 9.47 Å². The predicted molar refractivity (Wildman–Crippen MR) is 79.8 cm³/mol. The maximum atomic E-state index is 11.4. The lowest BCUT2D eigenvalue weighted by atomic mass is 10.0.